The van der Waals surface area contributed by atoms with Crippen molar-refractivity contribution in [1.82, 2.24) is 0 Å². The molecule has 7 nitrogen and oxygen atoms in total. The Morgan fingerprint density at radius 3 is 2.50 bits per heavy atom. The highest BCUT2D eigenvalue weighted by Gasteiger charge is 2.15. The summed E-state index contributed by atoms with van der Waals surface area (Å²) >= 11 is 5.77. The first-order valence-corrected chi connectivity index (χ1v) is 7.90. The van der Waals surface area contributed by atoms with Gasteiger partial charge in [-0.15, -0.1) is 0 Å². The summed E-state index contributed by atoms with van der Waals surface area (Å²) in [4.78, 5) is 35.6. The SMILES string of the molecule is COC(=O)c1ccc(C)c(NC(=O)COC(=O)c2ccc(Cl)cc2N)c1. The van der Waals surface area contributed by atoms with Crippen molar-refractivity contribution in [2.75, 3.05) is 24.8 Å². The maximum Gasteiger partial charge on any atom is 0.340 e. The molecule has 0 heterocycles. The van der Waals surface area contributed by atoms with Gasteiger partial charge in [0.25, 0.3) is 5.91 Å². The summed E-state index contributed by atoms with van der Waals surface area (Å²) in [7, 11) is 1.27. The monoisotopic (exact) mass is 376 g/mol. The number of rotatable bonds is 5. The van der Waals surface area contributed by atoms with Gasteiger partial charge in [0, 0.05) is 16.4 Å². The number of esters is 2. The second kappa shape index (κ2) is 8.35. The normalized spacial score (nSPS) is 10.1. The van der Waals surface area contributed by atoms with E-state index in [0.717, 1.165) is 5.56 Å². The van der Waals surface area contributed by atoms with Crippen LogP contribution in [0.25, 0.3) is 0 Å². The standard InChI is InChI=1S/C18H17ClN2O5/c1-10-3-4-11(17(23)25-2)7-15(10)21-16(22)9-26-18(24)13-6-5-12(19)8-14(13)20/h3-8H,9,20H2,1-2H3,(H,21,22). The molecule has 0 spiro atoms. The van der Waals surface area contributed by atoms with Gasteiger partial charge in [-0.05, 0) is 42.8 Å². The molecule has 0 saturated heterocycles. The summed E-state index contributed by atoms with van der Waals surface area (Å²) < 4.78 is 9.60. The first-order valence-electron chi connectivity index (χ1n) is 7.52. The second-order valence-electron chi connectivity index (χ2n) is 5.38. The molecule has 2 aromatic rings. The molecule has 0 bridgehead atoms. The van der Waals surface area contributed by atoms with Crippen LogP contribution < -0.4 is 11.1 Å². The van der Waals surface area contributed by atoms with E-state index in [1.165, 1.54) is 31.4 Å². The third kappa shape index (κ3) is 4.73. The number of hydrogen-bond donors (Lipinski definition) is 2. The minimum Gasteiger partial charge on any atom is -0.465 e. The third-order valence-electron chi connectivity index (χ3n) is 3.50. The summed E-state index contributed by atoms with van der Waals surface area (Å²) in [5.74, 6) is -1.82. The van der Waals surface area contributed by atoms with E-state index >= 15 is 0 Å². The van der Waals surface area contributed by atoms with Crippen molar-refractivity contribution < 1.29 is 23.9 Å². The Bertz CT molecular complexity index is 867. The molecule has 136 valence electrons. The first kappa shape index (κ1) is 19.3. The lowest BCUT2D eigenvalue weighted by Gasteiger charge is -2.11. The lowest BCUT2D eigenvalue weighted by atomic mass is 10.1. The van der Waals surface area contributed by atoms with Crippen molar-refractivity contribution in [2.45, 2.75) is 6.92 Å². The Kier molecular flexibility index (Phi) is 6.19. The van der Waals surface area contributed by atoms with Crippen molar-refractivity contribution in [1.29, 1.82) is 0 Å². The number of carbonyl (C=O) groups excluding carboxylic acids is 3. The van der Waals surface area contributed by atoms with E-state index in [1.807, 2.05) is 0 Å². The van der Waals surface area contributed by atoms with E-state index in [1.54, 1.807) is 19.1 Å². The van der Waals surface area contributed by atoms with Crippen LogP contribution in [0.2, 0.25) is 5.02 Å². The van der Waals surface area contributed by atoms with E-state index in [0.29, 0.717) is 16.3 Å². The number of amides is 1. The lowest BCUT2D eigenvalue weighted by Crippen LogP contribution is -2.22. The molecule has 0 radical (unpaired) electrons. The van der Waals surface area contributed by atoms with E-state index in [9.17, 15) is 14.4 Å². The third-order valence-corrected chi connectivity index (χ3v) is 3.74. The molecule has 0 saturated carbocycles. The molecule has 2 rings (SSSR count). The highest BCUT2D eigenvalue weighted by atomic mass is 35.5. The van der Waals surface area contributed by atoms with Gasteiger partial charge in [0.2, 0.25) is 0 Å². The summed E-state index contributed by atoms with van der Waals surface area (Å²) in [6, 6.07) is 9.07. The Labute approximate surface area is 155 Å². The van der Waals surface area contributed by atoms with Gasteiger partial charge in [0.15, 0.2) is 6.61 Å². The van der Waals surface area contributed by atoms with Crippen molar-refractivity contribution >= 4 is 40.8 Å². The van der Waals surface area contributed by atoms with Gasteiger partial charge in [-0.3, -0.25) is 4.79 Å². The maximum absolute atomic E-state index is 12.0. The molecule has 3 N–H and O–H groups in total. The van der Waals surface area contributed by atoms with E-state index in [4.69, 9.17) is 22.1 Å². The second-order valence-corrected chi connectivity index (χ2v) is 5.81. The number of aryl methyl sites for hydroxylation is 1. The van der Waals surface area contributed by atoms with E-state index in [-0.39, 0.29) is 11.3 Å². The quantitative estimate of drug-likeness (QED) is 0.613. The molecular weight excluding hydrogens is 360 g/mol. The fourth-order valence-electron chi connectivity index (χ4n) is 2.12. The molecule has 0 aliphatic heterocycles. The van der Waals surface area contributed by atoms with Crippen LogP contribution in [0.4, 0.5) is 11.4 Å². The predicted octanol–water partition coefficient (Wildman–Crippen LogP) is 2.81. The Morgan fingerprint density at radius 1 is 1.12 bits per heavy atom. The molecule has 0 aromatic heterocycles. The average molecular weight is 377 g/mol. The average Bonchev–Trinajstić information content (AvgIpc) is 2.61. The number of halogens is 1. The van der Waals surface area contributed by atoms with Crippen LogP contribution in [0.5, 0.6) is 0 Å². The van der Waals surface area contributed by atoms with Crippen LogP contribution in [0.1, 0.15) is 26.3 Å². The zero-order valence-electron chi connectivity index (χ0n) is 14.2. The van der Waals surface area contributed by atoms with Crippen LogP contribution >= 0.6 is 11.6 Å². The van der Waals surface area contributed by atoms with Crippen molar-refractivity contribution in [3.05, 3.63) is 58.1 Å². The van der Waals surface area contributed by atoms with E-state index in [2.05, 4.69) is 10.1 Å². The molecule has 26 heavy (non-hydrogen) atoms. The zero-order chi connectivity index (χ0) is 19.3. The molecule has 8 heteroatoms. The van der Waals surface area contributed by atoms with Crippen molar-refractivity contribution in [3.8, 4) is 0 Å². The fourth-order valence-corrected chi connectivity index (χ4v) is 2.30. The number of methoxy groups -OCH3 is 1. The molecule has 2 aromatic carbocycles. The van der Waals surface area contributed by atoms with Crippen molar-refractivity contribution in [3.63, 3.8) is 0 Å². The molecule has 0 atom stereocenters. The molecule has 1 amide bonds. The van der Waals surface area contributed by atoms with Gasteiger partial charge in [-0.2, -0.15) is 0 Å². The number of nitrogen functional groups attached to an aromatic ring is 1. The maximum atomic E-state index is 12.0. The van der Waals surface area contributed by atoms with Crippen LogP contribution in [-0.2, 0) is 14.3 Å². The van der Waals surface area contributed by atoms with Gasteiger partial charge in [-0.25, -0.2) is 9.59 Å². The smallest absolute Gasteiger partial charge is 0.340 e. The minimum atomic E-state index is -0.741. The number of ether oxygens (including phenoxy) is 2. The van der Waals surface area contributed by atoms with Crippen LogP contribution in [-0.4, -0.2) is 31.6 Å². The Balaban J connectivity index is 2.00. The van der Waals surface area contributed by atoms with Crippen LogP contribution in [0, 0.1) is 6.92 Å². The minimum absolute atomic E-state index is 0.117. The molecular formula is C18H17ClN2O5. The molecule has 0 unspecified atom stereocenters. The molecule has 0 aliphatic rings. The summed E-state index contributed by atoms with van der Waals surface area (Å²) in [6.45, 7) is 1.25. The highest BCUT2D eigenvalue weighted by Crippen LogP contribution is 2.19. The summed E-state index contributed by atoms with van der Waals surface area (Å²) in [5.41, 5.74) is 7.42. The number of nitrogens with one attached hydrogen (secondary N) is 1. The van der Waals surface area contributed by atoms with Gasteiger partial charge in [0.05, 0.1) is 18.2 Å². The van der Waals surface area contributed by atoms with Crippen LogP contribution in [0.15, 0.2) is 36.4 Å². The number of carbonyl (C=O) groups is 3. The predicted molar refractivity (Wildman–Crippen MR) is 97.3 cm³/mol. The highest BCUT2D eigenvalue weighted by molar-refractivity contribution is 6.31. The Hall–Kier alpha value is -3.06. The van der Waals surface area contributed by atoms with Crippen LogP contribution in [0.3, 0.4) is 0 Å². The first-order chi connectivity index (χ1) is 12.3. The summed E-state index contributed by atoms with van der Waals surface area (Å²) in [6.07, 6.45) is 0. The number of anilines is 2. The molecule has 0 aliphatic carbocycles. The largest absolute Gasteiger partial charge is 0.465 e. The molecule has 0 fully saturated rings. The zero-order valence-corrected chi connectivity index (χ0v) is 14.9. The number of nitrogens with two attached hydrogens (primary N) is 1. The topological polar surface area (TPSA) is 108 Å². The Morgan fingerprint density at radius 2 is 1.85 bits per heavy atom. The van der Waals surface area contributed by atoms with Gasteiger partial charge >= 0.3 is 11.9 Å². The van der Waals surface area contributed by atoms with Gasteiger partial charge < -0.3 is 20.5 Å². The number of hydrogen-bond acceptors (Lipinski definition) is 6. The van der Waals surface area contributed by atoms with Gasteiger partial charge in [-0.1, -0.05) is 17.7 Å². The fraction of sp³-hybridized carbons (Fsp3) is 0.167. The lowest BCUT2D eigenvalue weighted by molar-refractivity contribution is -0.119. The number of benzene rings is 2. The van der Waals surface area contributed by atoms with Gasteiger partial charge in [0.1, 0.15) is 0 Å². The van der Waals surface area contributed by atoms with E-state index < -0.39 is 24.5 Å². The summed E-state index contributed by atoms with van der Waals surface area (Å²) in [5, 5.41) is 2.97. The van der Waals surface area contributed by atoms with Crippen molar-refractivity contribution in [2.24, 2.45) is 0 Å².